The molecule has 1 aliphatic carbocycles. The molecule has 1 saturated carbocycles. The van der Waals surface area contributed by atoms with Gasteiger partial charge in [-0.25, -0.2) is 9.37 Å². The number of benzene rings is 1. The van der Waals surface area contributed by atoms with Gasteiger partial charge in [0.2, 0.25) is 11.9 Å². The highest BCUT2D eigenvalue weighted by Crippen LogP contribution is 2.27. The summed E-state index contributed by atoms with van der Waals surface area (Å²) < 4.78 is 18.9. The van der Waals surface area contributed by atoms with Crippen LogP contribution in [-0.2, 0) is 16.0 Å². The number of hydrogen-bond donors (Lipinski definition) is 2. The Morgan fingerprint density at radius 3 is 2.62 bits per heavy atom. The first-order valence-corrected chi connectivity index (χ1v) is 11.5. The molecule has 2 N–H and O–H groups in total. The highest BCUT2D eigenvalue weighted by atomic mass is 19.1. The van der Waals surface area contributed by atoms with E-state index >= 15 is 0 Å². The number of aromatic nitrogens is 2. The normalized spacial score (nSPS) is 18.3. The van der Waals surface area contributed by atoms with Crippen LogP contribution in [-0.4, -0.2) is 42.2 Å². The van der Waals surface area contributed by atoms with Crippen LogP contribution in [0.2, 0.25) is 0 Å². The largest absolute Gasteiger partial charge is 0.378 e. The first kappa shape index (κ1) is 22.5. The maximum atomic E-state index is 13.5. The summed E-state index contributed by atoms with van der Waals surface area (Å²) in [4.78, 5) is 34.6. The molecule has 2 fully saturated rings. The van der Waals surface area contributed by atoms with Gasteiger partial charge in [-0.05, 0) is 36.5 Å². The molecule has 8 heteroatoms. The van der Waals surface area contributed by atoms with Crippen molar-refractivity contribution in [3.63, 3.8) is 0 Å². The van der Waals surface area contributed by atoms with E-state index in [2.05, 4.69) is 15.3 Å². The molecular formula is C24H31FN4O3. The van der Waals surface area contributed by atoms with Gasteiger partial charge in [0, 0.05) is 32.0 Å². The summed E-state index contributed by atoms with van der Waals surface area (Å²) in [5.74, 6) is 0.597. The molecule has 1 aliphatic heterocycles. The van der Waals surface area contributed by atoms with Crippen molar-refractivity contribution in [1.29, 1.82) is 0 Å². The average Bonchev–Trinajstić information content (AvgIpc) is 2.80. The minimum atomic E-state index is -0.390. The smallest absolute Gasteiger partial charge is 0.252 e. The van der Waals surface area contributed by atoms with E-state index < -0.39 is 6.04 Å². The standard InChI is InChI=1S/C24H31FN4O3/c25-19-8-6-18(7-9-19)21(27-22(30)14-17-4-2-1-3-5-17)15-20-16-23(31)28-24(26-20)29-10-12-32-13-11-29/h6-9,16-17,21H,1-5,10-15H2,(H,27,30)(H,26,28,31)/t21-/m0/s1. The molecule has 1 aromatic carbocycles. The number of nitrogens with one attached hydrogen (secondary N) is 2. The Morgan fingerprint density at radius 1 is 1.19 bits per heavy atom. The number of morpholine rings is 1. The van der Waals surface area contributed by atoms with Crippen LogP contribution in [0.5, 0.6) is 0 Å². The van der Waals surface area contributed by atoms with Crippen LogP contribution in [0, 0.1) is 11.7 Å². The molecule has 172 valence electrons. The van der Waals surface area contributed by atoms with Crippen LogP contribution in [0.1, 0.15) is 55.8 Å². The Morgan fingerprint density at radius 2 is 1.91 bits per heavy atom. The Balaban J connectivity index is 1.52. The summed E-state index contributed by atoms with van der Waals surface area (Å²) in [6.45, 7) is 2.49. The number of halogens is 1. The zero-order chi connectivity index (χ0) is 22.3. The monoisotopic (exact) mass is 442 g/mol. The van der Waals surface area contributed by atoms with Crippen molar-refractivity contribution in [2.24, 2.45) is 5.92 Å². The summed E-state index contributed by atoms with van der Waals surface area (Å²) in [6, 6.07) is 7.21. The second kappa shape index (κ2) is 10.7. The predicted molar refractivity (Wildman–Crippen MR) is 120 cm³/mol. The second-order valence-corrected chi connectivity index (χ2v) is 8.74. The van der Waals surface area contributed by atoms with E-state index in [0.29, 0.717) is 56.7 Å². The highest BCUT2D eigenvalue weighted by Gasteiger charge is 2.22. The molecular weight excluding hydrogens is 411 g/mol. The van der Waals surface area contributed by atoms with Gasteiger partial charge in [-0.1, -0.05) is 31.4 Å². The lowest BCUT2D eigenvalue weighted by Crippen LogP contribution is -2.38. The van der Waals surface area contributed by atoms with Crippen molar-refractivity contribution in [2.75, 3.05) is 31.2 Å². The Labute approximate surface area is 187 Å². The van der Waals surface area contributed by atoms with Crippen LogP contribution in [0.3, 0.4) is 0 Å². The van der Waals surface area contributed by atoms with Gasteiger partial charge < -0.3 is 15.0 Å². The van der Waals surface area contributed by atoms with E-state index in [1.54, 1.807) is 12.1 Å². The number of hydrogen-bond acceptors (Lipinski definition) is 5. The fourth-order valence-corrected chi connectivity index (χ4v) is 4.59. The molecule has 1 atom stereocenters. The molecule has 0 bridgehead atoms. The molecule has 2 aliphatic rings. The SMILES string of the molecule is O=C(CC1CCCCC1)N[C@@H](Cc1cc(=O)[nH]c(N2CCOCC2)n1)c1ccc(F)cc1. The molecule has 1 saturated heterocycles. The van der Waals surface area contributed by atoms with Crippen molar-refractivity contribution in [1.82, 2.24) is 15.3 Å². The quantitative estimate of drug-likeness (QED) is 0.688. The molecule has 7 nitrogen and oxygen atoms in total. The number of aromatic amines is 1. The Bertz CT molecular complexity index is 950. The summed E-state index contributed by atoms with van der Waals surface area (Å²) in [7, 11) is 0. The van der Waals surface area contributed by atoms with E-state index in [4.69, 9.17) is 4.74 Å². The maximum Gasteiger partial charge on any atom is 0.252 e. The lowest BCUT2D eigenvalue weighted by atomic mass is 9.86. The number of carbonyl (C=O) groups is 1. The third kappa shape index (κ3) is 6.16. The molecule has 2 aromatic rings. The fourth-order valence-electron chi connectivity index (χ4n) is 4.59. The van der Waals surface area contributed by atoms with Gasteiger partial charge >= 0.3 is 0 Å². The first-order chi connectivity index (χ1) is 15.6. The summed E-state index contributed by atoms with van der Waals surface area (Å²) in [6.07, 6.45) is 6.64. The van der Waals surface area contributed by atoms with Gasteiger partial charge in [0.25, 0.3) is 5.56 Å². The molecule has 2 heterocycles. The third-order valence-electron chi connectivity index (χ3n) is 6.31. The predicted octanol–water partition coefficient (Wildman–Crippen LogP) is 3.12. The van der Waals surface area contributed by atoms with Gasteiger partial charge in [0.1, 0.15) is 5.82 Å². The van der Waals surface area contributed by atoms with Crippen LogP contribution >= 0.6 is 0 Å². The topological polar surface area (TPSA) is 87.3 Å². The van der Waals surface area contributed by atoms with Crippen LogP contribution < -0.4 is 15.8 Å². The number of carbonyl (C=O) groups excluding carboxylic acids is 1. The van der Waals surface area contributed by atoms with E-state index in [1.165, 1.54) is 37.5 Å². The van der Waals surface area contributed by atoms with Crippen molar-refractivity contribution < 1.29 is 13.9 Å². The fraction of sp³-hybridized carbons (Fsp3) is 0.542. The Hall–Kier alpha value is -2.74. The maximum absolute atomic E-state index is 13.5. The van der Waals surface area contributed by atoms with E-state index in [0.717, 1.165) is 18.4 Å². The Kier molecular flexibility index (Phi) is 7.52. The van der Waals surface area contributed by atoms with E-state index in [1.807, 2.05) is 4.90 Å². The van der Waals surface area contributed by atoms with E-state index in [9.17, 15) is 14.0 Å². The first-order valence-electron chi connectivity index (χ1n) is 11.5. The van der Waals surface area contributed by atoms with Gasteiger partial charge in [0.05, 0.1) is 24.9 Å². The lowest BCUT2D eigenvalue weighted by Gasteiger charge is -2.27. The molecule has 4 rings (SSSR count). The highest BCUT2D eigenvalue weighted by molar-refractivity contribution is 5.76. The number of ether oxygens (including phenoxy) is 1. The molecule has 1 amide bonds. The van der Waals surface area contributed by atoms with Crippen molar-refractivity contribution in [3.05, 3.63) is 57.8 Å². The number of amides is 1. The van der Waals surface area contributed by atoms with Crippen LogP contribution in [0.15, 0.2) is 35.1 Å². The van der Waals surface area contributed by atoms with Gasteiger partial charge in [0.15, 0.2) is 0 Å². The van der Waals surface area contributed by atoms with Crippen molar-refractivity contribution in [3.8, 4) is 0 Å². The molecule has 0 unspecified atom stereocenters. The number of nitrogens with zero attached hydrogens (tertiary/aromatic N) is 2. The molecule has 0 radical (unpaired) electrons. The van der Waals surface area contributed by atoms with Gasteiger partial charge in [-0.15, -0.1) is 0 Å². The summed E-state index contributed by atoms with van der Waals surface area (Å²) >= 11 is 0. The second-order valence-electron chi connectivity index (χ2n) is 8.74. The van der Waals surface area contributed by atoms with Crippen LogP contribution in [0.4, 0.5) is 10.3 Å². The number of anilines is 1. The minimum absolute atomic E-state index is 0.00975. The van der Waals surface area contributed by atoms with Crippen molar-refractivity contribution >= 4 is 11.9 Å². The van der Waals surface area contributed by atoms with Crippen molar-refractivity contribution in [2.45, 2.75) is 51.0 Å². The molecule has 1 aromatic heterocycles. The number of H-pyrrole nitrogens is 1. The molecule has 32 heavy (non-hydrogen) atoms. The van der Waals surface area contributed by atoms with Gasteiger partial charge in [-0.2, -0.15) is 0 Å². The zero-order valence-electron chi connectivity index (χ0n) is 18.3. The third-order valence-corrected chi connectivity index (χ3v) is 6.31. The van der Waals surface area contributed by atoms with Crippen LogP contribution in [0.25, 0.3) is 0 Å². The van der Waals surface area contributed by atoms with E-state index in [-0.39, 0.29) is 17.3 Å². The number of rotatable bonds is 7. The molecule has 0 spiro atoms. The van der Waals surface area contributed by atoms with Gasteiger partial charge in [-0.3, -0.25) is 14.6 Å². The summed E-state index contributed by atoms with van der Waals surface area (Å²) in [5, 5.41) is 3.12. The minimum Gasteiger partial charge on any atom is -0.378 e. The summed E-state index contributed by atoms with van der Waals surface area (Å²) in [5.41, 5.74) is 1.14. The average molecular weight is 443 g/mol. The zero-order valence-corrected chi connectivity index (χ0v) is 18.3. The lowest BCUT2D eigenvalue weighted by molar-refractivity contribution is -0.123.